The van der Waals surface area contributed by atoms with Crippen LogP contribution in [0.1, 0.15) is 40.5 Å². The van der Waals surface area contributed by atoms with Gasteiger partial charge in [-0.3, -0.25) is 0 Å². The summed E-state index contributed by atoms with van der Waals surface area (Å²) in [6, 6.07) is 0. The van der Waals surface area contributed by atoms with Gasteiger partial charge < -0.3 is 15.3 Å². The topological polar surface area (TPSA) is 35.5 Å². The lowest BCUT2D eigenvalue weighted by molar-refractivity contribution is 0.105. The van der Waals surface area contributed by atoms with E-state index in [0.717, 1.165) is 25.9 Å². The van der Waals surface area contributed by atoms with E-state index in [-0.39, 0.29) is 17.6 Å². The SMILES string of the molecule is CCC(CC)(CO)CNCC(C)(C)N(C)C. The minimum atomic E-state index is 0.0579. The Hall–Kier alpha value is -0.120. The van der Waals surface area contributed by atoms with Crippen LogP contribution in [-0.4, -0.2) is 49.3 Å². The average Bonchev–Trinajstić information content (AvgIpc) is 2.25. The molecule has 0 fully saturated rings. The molecule has 0 aliphatic rings. The Kier molecular flexibility index (Phi) is 6.53. The number of nitrogens with zero attached hydrogens (tertiary/aromatic N) is 1. The molecular formula is C13H30N2O. The molecule has 0 rings (SSSR count). The van der Waals surface area contributed by atoms with Gasteiger partial charge in [0.05, 0.1) is 0 Å². The maximum atomic E-state index is 9.46. The Balaban J connectivity index is 4.14. The molecule has 98 valence electrons. The van der Waals surface area contributed by atoms with Crippen molar-refractivity contribution in [1.29, 1.82) is 0 Å². The summed E-state index contributed by atoms with van der Waals surface area (Å²) in [5.41, 5.74) is 0.213. The molecule has 0 heterocycles. The van der Waals surface area contributed by atoms with Gasteiger partial charge in [0.1, 0.15) is 0 Å². The van der Waals surface area contributed by atoms with Crippen molar-refractivity contribution in [2.45, 2.75) is 46.1 Å². The Bertz CT molecular complexity index is 178. The van der Waals surface area contributed by atoms with Gasteiger partial charge in [-0.05, 0) is 40.8 Å². The van der Waals surface area contributed by atoms with Crippen LogP contribution in [0.15, 0.2) is 0 Å². The third-order valence-electron chi connectivity index (χ3n) is 4.10. The fourth-order valence-electron chi connectivity index (χ4n) is 1.57. The summed E-state index contributed by atoms with van der Waals surface area (Å²) in [4.78, 5) is 2.22. The van der Waals surface area contributed by atoms with Crippen molar-refractivity contribution in [2.75, 3.05) is 33.8 Å². The van der Waals surface area contributed by atoms with E-state index in [1.807, 2.05) is 0 Å². The Morgan fingerprint density at radius 3 is 1.88 bits per heavy atom. The predicted molar refractivity (Wildman–Crippen MR) is 70.7 cm³/mol. The molecule has 0 unspecified atom stereocenters. The van der Waals surface area contributed by atoms with E-state index in [4.69, 9.17) is 0 Å². The van der Waals surface area contributed by atoms with E-state index in [9.17, 15) is 5.11 Å². The molecule has 0 aromatic carbocycles. The molecule has 0 saturated heterocycles. The van der Waals surface area contributed by atoms with E-state index in [0.29, 0.717) is 0 Å². The van der Waals surface area contributed by atoms with Crippen LogP contribution in [-0.2, 0) is 0 Å². The van der Waals surface area contributed by atoms with Crippen molar-refractivity contribution in [3.63, 3.8) is 0 Å². The maximum Gasteiger partial charge on any atom is 0.0499 e. The molecule has 0 aromatic heterocycles. The molecule has 0 aliphatic carbocycles. The van der Waals surface area contributed by atoms with Crippen LogP contribution in [0.4, 0.5) is 0 Å². The zero-order valence-corrected chi connectivity index (χ0v) is 11.9. The molecule has 0 bridgehead atoms. The number of aliphatic hydroxyl groups excluding tert-OH is 1. The zero-order valence-electron chi connectivity index (χ0n) is 11.9. The summed E-state index contributed by atoms with van der Waals surface area (Å²) < 4.78 is 0. The summed E-state index contributed by atoms with van der Waals surface area (Å²) in [5.74, 6) is 0. The predicted octanol–water partition coefficient (Wildman–Crippen LogP) is 1.71. The monoisotopic (exact) mass is 230 g/mol. The highest BCUT2D eigenvalue weighted by Crippen LogP contribution is 2.24. The first-order valence-electron chi connectivity index (χ1n) is 6.32. The highest BCUT2D eigenvalue weighted by Gasteiger charge is 2.26. The van der Waals surface area contributed by atoms with Crippen molar-refractivity contribution in [3.05, 3.63) is 0 Å². The van der Waals surface area contributed by atoms with Gasteiger partial charge in [-0.2, -0.15) is 0 Å². The van der Waals surface area contributed by atoms with Crippen LogP contribution < -0.4 is 5.32 Å². The highest BCUT2D eigenvalue weighted by atomic mass is 16.3. The fourth-order valence-corrected chi connectivity index (χ4v) is 1.57. The Labute approximate surface area is 101 Å². The van der Waals surface area contributed by atoms with E-state index in [1.165, 1.54) is 0 Å². The highest BCUT2D eigenvalue weighted by molar-refractivity contribution is 4.83. The third kappa shape index (κ3) is 4.40. The molecule has 0 amide bonds. The number of hydrogen-bond acceptors (Lipinski definition) is 3. The van der Waals surface area contributed by atoms with Gasteiger partial charge in [0.25, 0.3) is 0 Å². The standard InChI is InChI=1S/C13H30N2O/c1-7-13(8-2,11-16)10-14-9-12(3,4)15(5)6/h14,16H,7-11H2,1-6H3. The molecule has 0 atom stereocenters. The van der Waals surface area contributed by atoms with E-state index in [1.54, 1.807) is 0 Å². The molecular weight excluding hydrogens is 200 g/mol. The molecule has 0 aliphatic heterocycles. The van der Waals surface area contributed by atoms with Crippen LogP contribution in [0, 0.1) is 5.41 Å². The van der Waals surface area contributed by atoms with Crippen molar-refractivity contribution in [3.8, 4) is 0 Å². The van der Waals surface area contributed by atoms with Crippen LogP contribution in [0.5, 0.6) is 0 Å². The lowest BCUT2D eigenvalue weighted by Gasteiger charge is -2.36. The van der Waals surface area contributed by atoms with Gasteiger partial charge in [0, 0.05) is 30.7 Å². The lowest BCUT2D eigenvalue weighted by atomic mass is 9.83. The first kappa shape index (κ1) is 15.9. The van der Waals surface area contributed by atoms with E-state index < -0.39 is 0 Å². The number of likely N-dealkylation sites (N-methyl/N-ethyl adjacent to an activating group) is 1. The Morgan fingerprint density at radius 2 is 1.56 bits per heavy atom. The first-order chi connectivity index (χ1) is 7.33. The van der Waals surface area contributed by atoms with Crippen LogP contribution in [0.2, 0.25) is 0 Å². The molecule has 2 N–H and O–H groups in total. The van der Waals surface area contributed by atoms with Gasteiger partial charge in [0.15, 0.2) is 0 Å². The normalized spacial score (nSPS) is 13.5. The van der Waals surface area contributed by atoms with Gasteiger partial charge in [-0.1, -0.05) is 13.8 Å². The van der Waals surface area contributed by atoms with Gasteiger partial charge in [-0.25, -0.2) is 0 Å². The van der Waals surface area contributed by atoms with Gasteiger partial charge >= 0.3 is 0 Å². The summed E-state index contributed by atoms with van der Waals surface area (Å²) in [7, 11) is 4.20. The Morgan fingerprint density at radius 1 is 1.06 bits per heavy atom. The fraction of sp³-hybridized carbons (Fsp3) is 1.00. The van der Waals surface area contributed by atoms with E-state index in [2.05, 4.69) is 52.0 Å². The second-order valence-electron chi connectivity index (χ2n) is 5.68. The summed E-state index contributed by atoms with van der Waals surface area (Å²) in [5, 5.41) is 13.0. The molecule has 0 spiro atoms. The third-order valence-corrected chi connectivity index (χ3v) is 4.10. The molecule has 0 radical (unpaired) electrons. The molecule has 0 saturated carbocycles. The minimum Gasteiger partial charge on any atom is -0.396 e. The molecule has 16 heavy (non-hydrogen) atoms. The quantitative estimate of drug-likeness (QED) is 0.666. The molecule has 0 aromatic rings. The number of nitrogens with one attached hydrogen (secondary N) is 1. The number of aliphatic hydroxyl groups is 1. The smallest absolute Gasteiger partial charge is 0.0499 e. The second-order valence-corrected chi connectivity index (χ2v) is 5.68. The lowest BCUT2D eigenvalue weighted by Crippen LogP contribution is -2.49. The molecule has 3 heteroatoms. The van der Waals surface area contributed by atoms with Crippen molar-refractivity contribution in [1.82, 2.24) is 10.2 Å². The first-order valence-corrected chi connectivity index (χ1v) is 6.32. The summed E-state index contributed by atoms with van der Waals surface area (Å²) in [6.45, 7) is 10.9. The maximum absolute atomic E-state index is 9.46. The van der Waals surface area contributed by atoms with Crippen LogP contribution in [0.25, 0.3) is 0 Å². The number of hydrogen-bond donors (Lipinski definition) is 2. The molecule has 3 nitrogen and oxygen atoms in total. The second kappa shape index (κ2) is 6.58. The van der Waals surface area contributed by atoms with Crippen LogP contribution >= 0.6 is 0 Å². The summed E-state index contributed by atoms with van der Waals surface area (Å²) >= 11 is 0. The minimum absolute atomic E-state index is 0.0579. The van der Waals surface area contributed by atoms with Crippen molar-refractivity contribution in [2.24, 2.45) is 5.41 Å². The number of rotatable bonds is 8. The van der Waals surface area contributed by atoms with E-state index >= 15 is 0 Å². The zero-order chi connectivity index (χ0) is 12.8. The van der Waals surface area contributed by atoms with Crippen molar-refractivity contribution >= 4 is 0 Å². The largest absolute Gasteiger partial charge is 0.396 e. The van der Waals surface area contributed by atoms with Crippen LogP contribution in [0.3, 0.4) is 0 Å². The average molecular weight is 230 g/mol. The van der Waals surface area contributed by atoms with Gasteiger partial charge in [0.2, 0.25) is 0 Å². The summed E-state index contributed by atoms with van der Waals surface area (Å²) in [6.07, 6.45) is 2.05. The van der Waals surface area contributed by atoms with Crippen molar-refractivity contribution < 1.29 is 5.11 Å². The van der Waals surface area contributed by atoms with Gasteiger partial charge in [-0.15, -0.1) is 0 Å².